The van der Waals surface area contributed by atoms with Gasteiger partial charge in [0.15, 0.2) is 0 Å². The first kappa shape index (κ1) is 21.5. The molecule has 176 valence electrons. The molecule has 0 saturated heterocycles. The average molecular weight is 476 g/mol. The Morgan fingerprint density at radius 3 is 2.03 bits per heavy atom. The summed E-state index contributed by atoms with van der Waals surface area (Å²) in [5.41, 5.74) is 6.47. The number of fused-ring (bicyclic) bond motifs is 4. The number of hydrogen-bond donors (Lipinski definition) is 0. The second kappa shape index (κ2) is 8.69. The van der Waals surface area contributed by atoms with Crippen LogP contribution in [0.25, 0.3) is 43.8 Å². The number of hydrogen-bond acceptors (Lipinski definition) is 2. The van der Waals surface area contributed by atoms with E-state index in [-0.39, 0.29) is 0 Å². The third kappa shape index (κ3) is 3.66. The molecule has 7 aromatic rings. The summed E-state index contributed by atoms with van der Waals surface area (Å²) in [6, 6.07) is 47.2. The Morgan fingerprint density at radius 1 is 0.486 bits per heavy atom. The molecule has 0 saturated carbocycles. The van der Waals surface area contributed by atoms with Gasteiger partial charge in [-0.25, -0.2) is 0 Å². The zero-order chi connectivity index (χ0) is 24.8. The molecule has 2 heteroatoms. The van der Waals surface area contributed by atoms with E-state index in [2.05, 4.69) is 133 Å². The Kier molecular flexibility index (Phi) is 5.04. The Bertz CT molecular complexity index is 1900. The largest absolute Gasteiger partial charge is 0.456 e. The van der Waals surface area contributed by atoms with Crippen LogP contribution in [0.4, 0.5) is 17.1 Å². The molecule has 0 N–H and O–H groups in total. The fourth-order valence-electron chi connectivity index (χ4n) is 5.40. The summed E-state index contributed by atoms with van der Waals surface area (Å²) in [6.45, 7) is 2.14. The van der Waals surface area contributed by atoms with Crippen molar-refractivity contribution in [1.29, 1.82) is 0 Å². The second-order valence-electron chi connectivity index (χ2n) is 9.47. The van der Waals surface area contributed by atoms with Crippen LogP contribution in [0.2, 0.25) is 0 Å². The molecule has 0 atom stereocenters. The first-order chi connectivity index (χ1) is 18.3. The van der Waals surface area contributed by atoms with Crippen LogP contribution in [-0.4, -0.2) is 0 Å². The predicted octanol–water partition coefficient (Wildman–Crippen LogP) is 10.2. The number of aryl methyl sites for hydroxylation is 1. The van der Waals surface area contributed by atoms with Gasteiger partial charge in [0.2, 0.25) is 0 Å². The van der Waals surface area contributed by atoms with Crippen LogP contribution in [0.1, 0.15) is 5.56 Å². The fraction of sp³-hybridized carbons (Fsp3) is 0.0286. The molecular formula is C35H25NO. The molecule has 0 amide bonds. The highest BCUT2D eigenvalue weighted by Gasteiger charge is 2.17. The molecule has 1 aromatic heterocycles. The highest BCUT2D eigenvalue weighted by atomic mass is 16.3. The maximum absolute atomic E-state index is 6.31. The Hall–Kier alpha value is -4.82. The van der Waals surface area contributed by atoms with Crippen molar-refractivity contribution in [3.05, 3.63) is 139 Å². The first-order valence-corrected chi connectivity index (χ1v) is 12.6. The number of nitrogens with zero attached hydrogens (tertiary/aromatic N) is 1. The molecule has 1 heterocycles. The van der Waals surface area contributed by atoms with E-state index in [0.717, 1.165) is 44.9 Å². The summed E-state index contributed by atoms with van der Waals surface area (Å²) in [6.07, 6.45) is 0. The molecule has 6 aromatic carbocycles. The Balaban J connectivity index is 1.40. The smallest absolute Gasteiger partial charge is 0.138 e. The molecule has 0 bridgehead atoms. The SMILES string of the molecule is Cc1c(-c2cccc(N(c3ccccc3)c3ccc4c(ccc5ccccc54)c3)c2)oc2ccccc12. The predicted molar refractivity (Wildman–Crippen MR) is 156 cm³/mol. The lowest BCUT2D eigenvalue weighted by atomic mass is 10.0. The minimum Gasteiger partial charge on any atom is -0.456 e. The molecule has 0 aliphatic heterocycles. The zero-order valence-electron chi connectivity index (χ0n) is 20.6. The van der Waals surface area contributed by atoms with Crippen molar-refractivity contribution in [3.63, 3.8) is 0 Å². The summed E-state index contributed by atoms with van der Waals surface area (Å²) >= 11 is 0. The van der Waals surface area contributed by atoms with E-state index in [1.165, 1.54) is 21.5 Å². The topological polar surface area (TPSA) is 16.4 Å². The van der Waals surface area contributed by atoms with E-state index in [4.69, 9.17) is 4.42 Å². The first-order valence-electron chi connectivity index (χ1n) is 12.6. The molecule has 0 radical (unpaired) electrons. The molecule has 0 fully saturated rings. The van der Waals surface area contributed by atoms with Crippen LogP contribution < -0.4 is 4.90 Å². The van der Waals surface area contributed by atoms with Crippen molar-refractivity contribution in [2.24, 2.45) is 0 Å². The molecule has 0 unspecified atom stereocenters. The van der Waals surface area contributed by atoms with Crippen molar-refractivity contribution in [2.75, 3.05) is 4.90 Å². The monoisotopic (exact) mass is 475 g/mol. The third-order valence-corrected chi connectivity index (χ3v) is 7.21. The maximum atomic E-state index is 6.31. The van der Waals surface area contributed by atoms with Gasteiger partial charge in [-0.1, -0.05) is 91.0 Å². The van der Waals surface area contributed by atoms with Gasteiger partial charge in [0.25, 0.3) is 0 Å². The van der Waals surface area contributed by atoms with E-state index >= 15 is 0 Å². The van der Waals surface area contributed by atoms with Gasteiger partial charge < -0.3 is 9.32 Å². The number of anilines is 3. The summed E-state index contributed by atoms with van der Waals surface area (Å²) in [5.74, 6) is 0.918. The van der Waals surface area contributed by atoms with Crippen LogP contribution in [0.3, 0.4) is 0 Å². The van der Waals surface area contributed by atoms with Crippen molar-refractivity contribution >= 4 is 49.6 Å². The quantitative estimate of drug-likeness (QED) is 0.235. The van der Waals surface area contributed by atoms with E-state index in [9.17, 15) is 0 Å². The number of furan rings is 1. The van der Waals surface area contributed by atoms with E-state index < -0.39 is 0 Å². The highest BCUT2D eigenvalue weighted by molar-refractivity contribution is 6.08. The van der Waals surface area contributed by atoms with Crippen molar-refractivity contribution in [2.45, 2.75) is 6.92 Å². The van der Waals surface area contributed by atoms with Gasteiger partial charge >= 0.3 is 0 Å². The minimum atomic E-state index is 0.918. The Morgan fingerprint density at radius 2 is 1.16 bits per heavy atom. The molecule has 37 heavy (non-hydrogen) atoms. The van der Waals surface area contributed by atoms with Gasteiger partial charge in [0.1, 0.15) is 11.3 Å². The normalized spacial score (nSPS) is 11.4. The van der Waals surface area contributed by atoms with Gasteiger partial charge in [-0.2, -0.15) is 0 Å². The number of rotatable bonds is 4. The maximum Gasteiger partial charge on any atom is 0.138 e. The lowest BCUT2D eigenvalue weighted by Crippen LogP contribution is -2.09. The summed E-state index contributed by atoms with van der Waals surface area (Å²) < 4.78 is 6.31. The molecule has 0 spiro atoms. The van der Waals surface area contributed by atoms with Crippen LogP contribution in [0.5, 0.6) is 0 Å². The van der Waals surface area contributed by atoms with Gasteiger partial charge in [-0.15, -0.1) is 0 Å². The molecular weight excluding hydrogens is 450 g/mol. The average Bonchev–Trinajstić information content (AvgIpc) is 3.30. The zero-order valence-corrected chi connectivity index (χ0v) is 20.6. The fourth-order valence-corrected chi connectivity index (χ4v) is 5.40. The van der Waals surface area contributed by atoms with Crippen molar-refractivity contribution in [1.82, 2.24) is 0 Å². The van der Waals surface area contributed by atoms with Gasteiger partial charge in [0, 0.05) is 33.6 Å². The van der Waals surface area contributed by atoms with Crippen LogP contribution >= 0.6 is 0 Å². The minimum absolute atomic E-state index is 0.918. The molecule has 0 aliphatic rings. The van der Waals surface area contributed by atoms with Crippen LogP contribution in [0.15, 0.2) is 138 Å². The summed E-state index contributed by atoms with van der Waals surface area (Å²) in [4.78, 5) is 2.32. The number of benzene rings is 6. The van der Waals surface area contributed by atoms with Crippen LogP contribution in [0, 0.1) is 6.92 Å². The lowest BCUT2D eigenvalue weighted by molar-refractivity contribution is 0.629. The molecule has 2 nitrogen and oxygen atoms in total. The van der Waals surface area contributed by atoms with E-state index in [1.807, 2.05) is 12.1 Å². The van der Waals surface area contributed by atoms with Gasteiger partial charge in [0.05, 0.1) is 0 Å². The van der Waals surface area contributed by atoms with Crippen molar-refractivity contribution in [3.8, 4) is 11.3 Å². The van der Waals surface area contributed by atoms with Gasteiger partial charge in [-0.05, 0) is 70.9 Å². The highest BCUT2D eigenvalue weighted by Crippen LogP contribution is 2.40. The lowest BCUT2D eigenvalue weighted by Gasteiger charge is -2.26. The Labute approximate surface area is 216 Å². The summed E-state index contributed by atoms with van der Waals surface area (Å²) in [7, 11) is 0. The summed E-state index contributed by atoms with van der Waals surface area (Å²) in [5, 5.41) is 6.18. The van der Waals surface area contributed by atoms with E-state index in [0.29, 0.717) is 0 Å². The third-order valence-electron chi connectivity index (χ3n) is 7.21. The standard InChI is InChI=1S/C35H25NO/c1-24-31-15-7-8-17-34(31)37-35(24)27-11-9-14-29(23-27)36(28-12-3-2-4-13-28)30-20-21-33-26(22-30)19-18-25-10-5-6-16-32(25)33/h2-23H,1H3. The molecule has 7 rings (SSSR count). The second-order valence-corrected chi connectivity index (χ2v) is 9.47. The van der Waals surface area contributed by atoms with Crippen molar-refractivity contribution < 1.29 is 4.42 Å². The molecule has 0 aliphatic carbocycles. The van der Waals surface area contributed by atoms with Crippen LogP contribution in [-0.2, 0) is 0 Å². The number of para-hydroxylation sites is 2. The van der Waals surface area contributed by atoms with Gasteiger partial charge in [-0.3, -0.25) is 0 Å². The van der Waals surface area contributed by atoms with E-state index in [1.54, 1.807) is 0 Å².